The zero-order valence-corrected chi connectivity index (χ0v) is 15.9. The fourth-order valence-electron chi connectivity index (χ4n) is 3.25. The van der Waals surface area contributed by atoms with Crippen molar-refractivity contribution in [3.05, 3.63) is 65.9 Å². The molecule has 1 saturated heterocycles. The molecule has 1 aromatic heterocycles. The van der Waals surface area contributed by atoms with Crippen molar-refractivity contribution in [1.29, 1.82) is 5.26 Å². The molecule has 1 aliphatic rings. The van der Waals surface area contributed by atoms with E-state index >= 15 is 0 Å². The number of aromatic nitrogens is 1. The third kappa shape index (κ3) is 4.00. The van der Waals surface area contributed by atoms with Crippen LogP contribution < -0.4 is 14.5 Å². The van der Waals surface area contributed by atoms with Gasteiger partial charge in [-0.15, -0.1) is 0 Å². The summed E-state index contributed by atoms with van der Waals surface area (Å²) in [5.41, 5.74) is 2.30. The first-order valence-corrected chi connectivity index (χ1v) is 9.47. The van der Waals surface area contributed by atoms with Crippen molar-refractivity contribution in [3.63, 3.8) is 0 Å². The van der Waals surface area contributed by atoms with E-state index < -0.39 is 0 Å². The van der Waals surface area contributed by atoms with Gasteiger partial charge in [0.05, 0.1) is 33.2 Å². The van der Waals surface area contributed by atoms with Crippen molar-refractivity contribution in [2.45, 2.75) is 6.61 Å². The first-order chi connectivity index (χ1) is 13.7. The van der Waals surface area contributed by atoms with Gasteiger partial charge >= 0.3 is 0 Å². The van der Waals surface area contributed by atoms with E-state index in [2.05, 4.69) is 23.0 Å². The van der Waals surface area contributed by atoms with Gasteiger partial charge < -0.3 is 19.0 Å². The molecule has 6 nitrogen and oxygen atoms in total. The summed E-state index contributed by atoms with van der Waals surface area (Å²) in [6.45, 7) is 4.29. The molecule has 142 valence electrons. The van der Waals surface area contributed by atoms with Crippen molar-refractivity contribution >= 4 is 5.88 Å². The Morgan fingerprint density at radius 2 is 1.82 bits per heavy atom. The van der Waals surface area contributed by atoms with Gasteiger partial charge in [0.15, 0.2) is 0 Å². The third-order valence-electron chi connectivity index (χ3n) is 4.97. The number of rotatable bonds is 5. The van der Waals surface area contributed by atoms with Gasteiger partial charge in [0, 0.05) is 5.56 Å². The van der Waals surface area contributed by atoms with Crippen LogP contribution in [-0.4, -0.2) is 38.2 Å². The molecule has 0 bridgehead atoms. The minimum absolute atomic E-state index is 0.346. The summed E-state index contributed by atoms with van der Waals surface area (Å²) in [5, 5.41) is 9.46. The monoisotopic (exact) mass is 375 g/mol. The van der Waals surface area contributed by atoms with Crippen LogP contribution in [0.1, 0.15) is 11.3 Å². The molecule has 0 unspecified atom stereocenters. The van der Waals surface area contributed by atoms with Gasteiger partial charge in [-0.05, 0) is 29.8 Å². The lowest BCUT2D eigenvalue weighted by molar-refractivity contribution is -0.880. The minimum atomic E-state index is 0.346. The summed E-state index contributed by atoms with van der Waals surface area (Å²) in [7, 11) is 2.18. The Morgan fingerprint density at radius 1 is 1.11 bits per heavy atom. The van der Waals surface area contributed by atoms with Crippen LogP contribution in [0.2, 0.25) is 0 Å². The number of piperazine rings is 1. The first-order valence-electron chi connectivity index (χ1n) is 9.47. The molecule has 0 aliphatic carbocycles. The van der Waals surface area contributed by atoms with Crippen molar-refractivity contribution < 1.29 is 14.1 Å². The third-order valence-corrected chi connectivity index (χ3v) is 4.97. The van der Waals surface area contributed by atoms with Gasteiger partial charge in [-0.1, -0.05) is 30.3 Å². The largest absolute Gasteiger partial charge is 0.489 e. The Bertz CT molecular complexity index is 952. The SMILES string of the molecule is C[NH+]1CCN(c2oc(-c3ccc(OCc4ccccc4)cc3)nc2C#N)CC1. The number of nitrogens with one attached hydrogen (secondary N) is 1. The molecule has 28 heavy (non-hydrogen) atoms. The highest BCUT2D eigenvalue weighted by molar-refractivity contribution is 5.60. The summed E-state index contributed by atoms with van der Waals surface area (Å²) in [6.07, 6.45) is 0. The topological polar surface area (TPSA) is 66.7 Å². The van der Waals surface area contributed by atoms with Gasteiger partial charge in [-0.3, -0.25) is 0 Å². The zero-order chi connectivity index (χ0) is 19.3. The number of likely N-dealkylation sites (N-methyl/N-ethyl adjacent to an activating group) is 1. The van der Waals surface area contributed by atoms with Gasteiger partial charge in [-0.25, -0.2) is 0 Å². The van der Waals surface area contributed by atoms with E-state index in [-0.39, 0.29) is 0 Å². The average Bonchev–Trinajstić information content (AvgIpc) is 3.18. The molecule has 2 aromatic carbocycles. The molecule has 1 fully saturated rings. The predicted octanol–water partition coefficient (Wildman–Crippen LogP) is 2.13. The molecule has 4 rings (SSSR count). The fourth-order valence-corrected chi connectivity index (χ4v) is 3.25. The average molecular weight is 375 g/mol. The zero-order valence-electron chi connectivity index (χ0n) is 15.9. The van der Waals surface area contributed by atoms with E-state index in [0.717, 1.165) is 43.1 Å². The number of oxazole rings is 1. The second-order valence-electron chi connectivity index (χ2n) is 7.03. The van der Waals surface area contributed by atoms with Crippen LogP contribution in [0.25, 0.3) is 11.5 Å². The molecular weight excluding hydrogens is 352 g/mol. The first kappa shape index (κ1) is 18.1. The lowest BCUT2D eigenvalue weighted by atomic mass is 10.2. The summed E-state index contributed by atoms with van der Waals surface area (Å²) in [6, 6.07) is 19.8. The standard InChI is InChI=1S/C22H22N4O2/c1-25-11-13-26(14-12-25)22-20(15-23)24-21(28-22)18-7-9-19(10-8-18)27-16-17-5-3-2-4-6-17/h2-10H,11-14,16H2,1H3/p+1. The fraction of sp³-hybridized carbons (Fsp3) is 0.273. The van der Waals surface area contributed by atoms with Gasteiger partial charge in [0.25, 0.3) is 0 Å². The summed E-state index contributed by atoms with van der Waals surface area (Å²) >= 11 is 0. The Balaban J connectivity index is 1.47. The number of benzene rings is 2. The minimum Gasteiger partial charge on any atom is -0.489 e. The molecule has 0 spiro atoms. The van der Waals surface area contributed by atoms with Crippen LogP contribution in [0.3, 0.4) is 0 Å². The Kier molecular flexibility index (Phi) is 5.27. The van der Waals surface area contributed by atoms with E-state index in [4.69, 9.17) is 9.15 Å². The molecule has 1 N–H and O–H groups in total. The molecular formula is C22H23N4O2+. The number of hydrogen-bond acceptors (Lipinski definition) is 5. The van der Waals surface area contributed by atoms with Crippen LogP contribution in [0.15, 0.2) is 59.0 Å². The smallest absolute Gasteiger partial charge is 0.235 e. The van der Waals surface area contributed by atoms with Gasteiger partial charge in [0.2, 0.25) is 17.5 Å². The van der Waals surface area contributed by atoms with E-state index in [1.807, 2.05) is 54.6 Å². The molecule has 3 aromatic rings. The number of nitrogens with zero attached hydrogens (tertiary/aromatic N) is 3. The van der Waals surface area contributed by atoms with Crippen molar-refractivity contribution in [2.75, 3.05) is 38.1 Å². The lowest BCUT2D eigenvalue weighted by Crippen LogP contribution is -3.12. The molecule has 1 aliphatic heterocycles. The number of hydrogen-bond donors (Lipinski definition) is 1. The highest BCUT2D eigenvalue weighted by atomic mass is 16.5. The summed E-state index contributed by atoms with van der Waals surface area (Å²) in [5.74, 6) is 1.82. The number of ether oxygens (including phenoxy) is 1. The highest BCUT2D eigenvalue weighted by Crippen LogP contribution is 2.29. The normalized spacial score (nSPS) is 14.6. The van der Waals surface area contributed by atoms with E-state index in [1.54, 1.807) is 0 Å². The molecule has 0 radical (unpaired) electrons. The van der Waals surface area contributed by atoms with Crippen molar-refractivity contribution in [1.82, 2.24) is 4.98 Å². The van der Waals surface area contributed by atoms with Gasteiger partial charge in [-0.2, -0.15) is 10.2 Å². The number of anilines is 1. The van der Waals surface area contributed by atoms with Crippen molar-refractivity contribution in [3.8, 4) is 23.3 Å². The maximum atomic E-state index is 9.46. The molecule has 6 heteroatoms. The quantitative estimate of drug-likeness (QED) is 0.740. The van der Waals surface area contributed by atoms with E-state index in [0.29, 0.717) is 24.1 Å². The predicted molar refractivity (Wildman–Crippen MR) is 106 cm³/mol. The van der Waals surface area contributed by atoms with Crippen LogP contribution in [0, 0.1) is 11.3 Å². The Morgan fingerprint density at radius 3 is 2.50 bits per heavy atom. The molecule has 0 saturated carbocycles. The molecule has 2 heterocycles. The van der Waals surface area contributed by atoms with Crippen molar-refractivity contribution in [2.24, 2.45) is 0 Å². The van der Waals surface area contributed by atoms with E-state index in [1.165, 1.54) is 4.90 Å². The maximum Gasteiger partial charge on any atom is 0.235 e. The summed E-state index contributed by atoms with van der Waals surface area (Å²) in [4.78, 5) is 8.00. The van der Waals surface area contributed by atoms with Gasteiger partial charge in [0.1, 0.15) is 18.4 Å². The molecule has 0 amide bonds. The Labute approximate surface area is 164 Å². The Hall–Kier alpha value is -3.30. The summed E-state index contributed by atoms with van der Waals surface area (Å²) < 4.78 is 11.8. The molecule has 0 atom stereocenters. The van der Waals surface area contributed by atoms with Crippen LogP contribution >= 0.6 is 0 Å². The second kappa shape index (κ2) is 8.15. The van der Waals surface area contributed by atoms with Crippen LogP contribution in [0.5, 0.6) is 5.75 Å². The lowest BCUT2D eigenvalue weighted by Gasteiger charge is -2.29. The van der Waals surface area contributed by atoms with Crippen LogP contribution in [-0.2, 0) is 6.61 Å². The number of quaternary nitrogens is 1. The maximum absolute atomic E-state index is 9.46. The highest BCUT2D eigenvalue weighted by Gasteiger charge is 2.24. The second-order valence-corrected chi connectivity index (χ2v) is 7.03. The van der Waals surface area contributed by atoms with E-state index in [9.17, 15) is 5.26 Å². The number of nitriles is 1. The van der Waals surface area contributed by atoms with Crippen LogP contribution in [0.4, 0.5) is 5.88 Å².